The molecular formula is C22H28O2. The zero-order valence-corrected chi connectivity index (χ0v) is 15.2. The van der Waals surface area contributed by atoms with Gasteiger partial charge in [-0.25, -0.2) is 0 Å². The molecule has 2 nitrogen and oxygen atoms in total. The van der Waals surface area contributed by atoms with Crippen LogP contribution in [0.1, 0.15) is 51.7 Å². The van der Waals surface area contributed by atoms with E-state index in [0.29, 0.717) is 0 Å². The molecule has 0 spiro atoms. The smallest absolute Gasteiger partial charge is 0.119 e. The Balaban J connectivity index is 1.95. The van der Waals surface area contributed by atoms with Gasteiger partial charge in [0, 0.05) is 0 Å². The maximum Gasteiger partial charge on any atom is 0.119 e. The van der Waals surface area contributed by atoms with Crippen LogP contribution in [0.25, 0.3) is 12.2 Å². The average Bonchev–Trinajstić information content (AvgIpc) is 2.62. The summed E-state index contributed by atoms with van der Waals surface area (Å²) in [7, 11) is 0. The fraction of sp³-hybridized carbons (Fsp3) is 0.364. The van der Waals surface area contributed by atoms with Crippen LogP contribution >= 0.6 is 0 Å². The summed E-state index contributed by atoms with van der Waals surface area (Å²) in [6.45, 7) is 8.42. The van der Waals surface area contributed by atoms with Crippen molar-refractivity contribution in [3.05, 3.63) is 59.7 Å². The number of hydrogen-bond acceptors (Lipinski definition) is 2. The highest BCUT2D eigenvalue weighted by Crippen LogP contribution is 2.18. The van der Waals surface area contributed by atoms with Crippen LogP contribution < -0.4 is 9.47 Å². The summed E-state index contributed by atoms with van der Waals surface area (Å²) >= 11 is 0. The molecule has 2 heteroatoms. The van der Waals surface area contributed by atoms with Crippen LogP contribution in [0.5, 0.6) is 11.5 Å². The van der Waals surface area contributed by atoms with Gasteiger partial charge in [0.2, 0.25) is 0 Å². The third-order valence-corrected chi connectivity index (χ3v) is 4.05. The topological polar surface area (TPSA) is 18.5 Å². The zero-order chi connectivity index (χ0) is 17.4. The molecular weight excluding hydrogens is 296 g/mol. The van der Waals surface area contributed by atoms with Gasteiger partial charge in [0.05, 0.1) is 12.2 Å². The van der Waals surface area contributed by atoms with Gasteiger partial charge in [0.25, 0.3) is 0 Å². The van der Waals surface area contributed by atoms with Crippen molar-refractivity contribution in [3.8, 4) is 11.5 Å². The monoisotopic (exact) mass is 324 g/mol. The largest absolute Gasteiger partial charge is 0.491 e. The third-order valence-electron chi connectivity index (χ3n) is 4.05. The van der Waals surface area contributed by atoms with Gasteiger partial charge in [-0.1, -0.05) is 50.3 Å². The molecule has 24 heavy (non-hydrogen) atoms. The lowest BCUT2D eigenvalue weighted by molar-refractivity contribution is 0.217. The van der Waals surface area contributed by atoms with Crippen molar-refractivity contribution in [1.29, 1.82) is 0 Å². The fourth-order valence-corrected chi connectivity index (χ4v) is 2.14. The summed E-state index contributed by atoms with van der Waals surface area (Å²) in [5.41, 5.74) is 2.32. The Morgan fingerprint density at radius 1 is 0.667 bits per heavy atom. The van der Waals surface area contributed by atoms with Crippen molar-refractivity contribution in [3.63, 3.8) is 0 Å². The van der Waals surface area contributed by atoms with E-state index < -0.39 is 0 Å². The number of ether oxygens (including phenoxy) is 2. The van der Waals surface area contributed by atoms with Crippen molar-refractivity contribution < 1.29 is 9.47 Å². The predicted molar refractivity (Wildman–Crippen MR) is 103 cm³/mol. The van der Waals surface area contributed by atoms with Crippen LogP contribution in [0.2, 0.25) is 0 Å². The predicted octanol–water partition coefficient (Wildman–Crippen LogP) is 6.21. The highest BCUT2D eigenvalue weighted by Gasteiger charge is 2.01. The van der Waals surface area contributed by atoms with Crippen LogP contribution in [0.15, 0.2) is 48.5 Å². The van der Waals surface area contributed by atoms with Crippen LogP contribution in [0.4, 0.5) is 0 Å². The molecule has 0 bridgehead atoms. The van der Waals surface area contributed by atoms with Gasteiger partial charge in [-0.15, -0.1) is 0 Å². The summed E-state index contributed by atoms with van der Waals surface area (Å²) in [6, 6.07) is 16.4. The molecule has 0 saturated heterocycles. The molecule has 2 rings (SSSR count). The van der Waals surface area contributed by atoms with Crippen LogP contribution in [-0.2, 0) is 0 Å². The van der Waals surface area contributed by atoms with Gasteiger partial charge in [-0.05, 0) is 62.1 Å². The Morgan fingerprint density at radius 2 is 1.00 bits per heavy atom. The molecule has 0 aliphatic rings. The maximum atomic E-state index is 5.80. The Morgan fingerprint density at radius 3 is 1.29 bits per heavy atom. The van der Waals surface area contributed by atoms with E-state index in [2.05, 4.69) is 64.1 Å². The van der Waals surface area contributed by atoms with Gasteiger partial charge >= 0.3 is 0 Å². The van der Waals surface area contributed by atoms with Crippen LogP contribution in [0, 0.1) is 0 Å². The first-order valence-electron chi connectivity index (χ1n) is 8.82. The van der Waals surface area contributed by atoms with E-state index >= 15 is 0 Å². The molecule has 0 amide bonds. The molecule has 0 aliphatic heterocycles. The Labute approximate surface area is 146 Å². The highest BCUT2D eigenvalue weighted by molar-refractivity contribution is 5.70. The summed E-state index contributed by atoms with van der Waals surface area (Å²) < 4.78 is 11.6. The van der Waals surface area contributed by atoms with E-state index in [1.54, 1.807) is 0 Å². The Hall–Kier alpha value is -2.22. The molecule has 0 radical (unpaired) electrons. The van der Waals surface area contributed by atoms with Crippen molar-refractivity contribution >= 4 is 12.2 Å². The molecule has 2 atom stereocenters. The first-order valence-corrected chi connectivity index (χ1v) is 8.82. The van der Waals surface area contributed by atoms with Gasteiger partial charge in [0.15, 0.2) is 0 Å². The highest BCUT2D eigenvalue weighted by atomic mass is 16.5. The second-order valence-electron chi connectivity index (χ2n) is 6.14. The fourth-order valence-electron chi connectivity index (χ4n) is 2.14. The minimum absolute atomic E-state index is 0.252. The first-order chi connectivity index (χ1) is 11.6. The lowest BCUT2D eigenvalue weighted by Gasteiger charge is -2.12. The minimum atomic E-state index is 0.252. The number of hydrogen-bond donors (Lipinski definition) is 0. The molecule has 0 fully saturated rings. The summed E-state index contributed by atoms with van der Waals surface area (Å²) in [5.74, 6) is 1.85. The normalized spacial score (nSPS) is 13.7. The van der Waals surface area contributed by atoms with Crippen molar-refractivity contribution in [2.75, 3.05) is 0 Å². The van der Waals surface area contributed by atoms with Crippen LogP contribution in [0.3, 0.4) is 0 Å². The maximum absolute atomic E-state index is 5.80. The third kappa shape index (κ3) is 5.77. The van der Waals surface area contributed by atoms with E-state index in [9.17, 15) is 0 Å². The lowest BCUT2D eigenvalue weighted by atomic mass is 10.1. The molecule has 2 unspecified atom stereocenters. The number of rotatable bonds is 8. The molecule has 128 valence electrons. The van der Waals surface area contributed by atoms with Gasteiger partial charge in [0.1, 0.15) is 11.5 Å². The molecule has 2 aromatic carbocycles. The van der Waals surface area contributed by atoms with E-state index in [1.807, 2.05) is 24.3 Å². The average molecular weight is 324 g/mol. The summed E-state index contributed by atoms with van der Waals surface area (Å²) in [5, 5.41) is 0. The molecule has 0 heterocycles. The van der Waals surface area contributed by atoms with Crippen molar-refractivity contribution in [1.82, 2.24) is 0 Å². The molecule has 2 aromatic rings. The second kappa shape index (κ2) is 9.17. The van der Waals surface area contributed by atoms with Crippen molar-refractivity contribution in [2.24, 2.45) is 0 Å². The van der Waals surface area contributed by atoms with E-state index in [-0.39, 0.29) is 12.2 Å². The van der Waals surface area contributed by atoms with E-state index in [0.717, 1.165) is 35.5 Å². The van der Waals surface area contributed by atoms with Gasteiger partial charge in [-0.3, -0.25) is 0 Å². The Kier molecular flexibility index (Phi) is 6.92. The lowest BCUT2D eigenvalue weighted by Crippen LogP contribution is -2.09. The quantitative estimate of drug-likeness (QED) is 0.537. The van der Waals surface area contributed by atoms with Crippen molar-refractivity contribution in [2.45, 2.75) is 52.7 Å². The molecule has 0 aliphatic carbocycles. The molecule has 0 aromatic heterocycles. The number of benzene rings is 2. The summed E-state index contributed by atoms with van der Waals surface area (Å²) in [6.07, 6.45) is 6.75. The van der Waals surface area contributed by atoms with E-state index in [4.69, 9.17) is 9.47 Å². The van der Waals surface area contributed by atoms with Crippen LogP contribution in [-0.4, -0.2) is 12.2 Å². The Bertz CT molecular complexity index is 569. The minimum Gasteiger partial charge on any atom is -0.491 e. The SMILES string of the molecule is CCC(C)Oc1ccc(/C=C/c2ccc(OC(C)CC)cc2)cc1. The zero-order valence-electron chi connectivity index (χ0n) is 15.2. The van der Waals surface area contributed by atoms with E-state index in [1.165, 1.54) is 0 Å². The first kappa shape index (κ1) is 18.1. The molecule has 0 saturated carbocycles. The second-order valence-corrected chi connectivity index (χ2v) is 6.14. The standard InChI is InChI=1S/C22H28O2/c1-5-17(3)23-21-13-9-19(10-14-21)7-8-20-11-15-22(16-12-20)24-18(4)6-2/h7-18H,5-6H2,1-4H3/b8-7+. The van der Waals surface area contributed by atoms with Gasteiger partial charge in [-0.2, -0.15) is 0 Å². The summed E-state index contributed by atoms with van der Waals surface area (Å²) in [4.78, 5) is 0. The van der Waals surface area contributed by atoms with Gasteiger partial charge < -0.3 is 9.47 Å². The molecule has 0 N–H and O–H groups in total.